The summed E-state index contributed by atoms with van der Waals surface area (Å²) >= 11 is 0. The number of aromatic nitrogens is 2. The lowest BCUT2D eigenvalue weighted by Crippen LogP contribution is -2.46. The molecule has 0 amide bonds. The predicted octanol–water partition coefficient (Wildman–Crippen LogP) is 3.52. The summed E-state index contributed by atoms with van der Waals surface area (Å²) in [5.74, 6) is -0.840. The molecule has 1 aliphatic carbocycles. The molecule has 47 heavy (non-hydrogen) atoms. The maximum absolute atomic E-state index is 14.6. The number of carbonyl (C=O) groups is 3. The molecule has 3 rings (SSSR count). The van der Waals surface area contributed by atoms with Gasteiger partial charge in [-0.1, -0.05) is 27.7 Å². The molecule has 1 aliphatic heterocycles. The lowest BCUT2D eigenvalue weighted by molar-refractivity contribution is -0.146. The molecular weight excluding hydrogens is 637 g/mol. The molecule has 266 valence electrons. The molecule has 1 aromatic rings. The van der Waals surface area contributed by atoms with E-state index in [1.807, 2.05) is 27.7 Å². The van der Waals surface area contributed by atoms with Crippen molar-refractivity contribution in [1.82, 2.24) is 19.7 Å². The molecule has 2 fully saturated rings. The van der Waals surface area contributed by atoms with E-state index in [9.17, 15) is 23.7 Å². The number of carbonyl (C=O) groups excluding carboxylic acids is 3. The van der Waals surface area contributed by atoms with Crippen molar-refractivity contribution in [3.05, 3.63) is 22.7 Å². The summed E-state index contributed by atoms with van der Waals surface area (Å²) in [7, 11) is -3.13. The Hall–Kier alpha value is -3.04. The molecule has 17 heteroatoms. The van der Waals surface area contributed by atoms with Gasteiger partial charge in [0.1, 0.15) is 36.3 Å². The van der Waals surface area contributed by atoms with E-state index in [0.29, 0.717) is 11.9 Å². The minimum atomic E-state index is -4.28. The average Bonchev–Trinajstić information content (AvgIpc) is 3.72. The van der Waals surface area contributed by atoms with Gasteiger partial charge in [-0.3, -0.25) is 18.7 Å². The fraction of sp³-hybridized carbons (Fsp3) is 0.767. The summed E-state index contributed by atoms with van der Waals surface area (Å²) in [6, 6.07) is -0.158. The van der Waals surface area contributed by atoms with Crippen molar-refractivity contribution in [2.75, 3.05) is 32.2 Å². The third-order valence-corrected chi connectivity index (χ3v) is 9.11. The van der Waals surface area contributed by atoms with Crippen molar-refractivity contribution in [1.29, 1.82) is 0 Å². The smallest absolute Gasteiger partial charge is 0.465 e. The van der Waals surface area contributed by atoms with E-state index in [1.54, 1.807) is 19.9 Å². The first-order chi connectivity index (χ1) is 22.3. The minimum absolute atomic E-state index is 0.00332. The van der Waals surface area contributed by atoms with Crippen LogP contribution in [0.2, 0.25) is 0 Å². The zero-order valence-corrected chi connectivity index (χ0v) is 29.2. The number of methoxy groups -OCH3 is 1. The second-order valence-electron chi connectivity index (χ2n) is 12.4. The summed E-state index contributed by atoms with van der Waals surface area (Å²) < 4.78 is 48.5. The molecule has 2 heterocycles. The van der Waals surface area contributed by atoms with Crippen molar-refractivity contribution in [2.24, 2.45) is 11.8 Å². The van der Waals surface area contributed by atoms with Gasteiger partial charge in [0.25, 0.3) is 0 Å². The van der Waals surface area contributed by atoms with E-state index in [4.69, 9.17) is 23.5 Å². The monoisotopic (exact) mass is 687 g/mol. The first-order valence-electron chi connectivity index (χ1n) is 16.2. The fourth-order valence-electron chi connectivity index (χ4n) is 5.00. The highest BCUT2D eigenvalue weighted by molar-refractivity contribution is 7.54. The van der Waals surface area contributed by atoms with Crippen molar-refractivity contribution >= 4 is 31.6 Å². The van der Waals surface area contributed by atoms with Gasteiger partial charge in [-0.2, -0.15) is 4.98 Å². The number of esters is 2. The highest BCUT2D eigenvalue weighted by atomic mass is 31.2. The van der Waals surface area contributed by atoms with E-state index in [-0.39, 0.29) is 44.3 Å². The van der Waals surface area contributed by atoms with Crippen LogP contribution in [-0.4, -0.2) is 84.9 Å². The van der Waals surface area contributed by atoms with Crippen molar-refractivity contribution in [3.63, 3.8) is 0 Å². The molecule has 2 unspecified atom stereocenters. The third kappa shape index (κ3) is 12.2. The Morgan fingerprint density at radius 1 is 1.02 bits per heavy atom. The number of ether oxygens (including phenoxy) is 5. The number of anilines is 1. The molecule has 0 aromatic carbocycles. The third-order valence-electron chi connectivity index (χ3n) is 7.29. The van der Waals surface area contributed by atoms with Crippen LogP contribution in [0.4, 0.5) is 10.6 Å². The van der Waals surface area contributed by atoms with E-state index in [2.05, 4.69) is 25.2 Å². The molecule has 0 radical (unpaired) electrons. The number of rotatable bonds is 19. The maximum atomic E-state index is 14.6. The van der Waals surface area contributed by atoms with Gasteiger partial charge in [0, 0.05) is 18.7 Å². The number of nitrogens with one attached hydrogen (secondary N) is 3. The van der Waals surface area contributed by atoms with Crippen LogP contribution in [0.5, 0.6) is 0 Å². The van der Waals surface area contributed by atoms with Crippen LogP contribution >= 0.6 is 7.67 Å². The molecule has 3 N–H and O–H groups in total. The first-order valence-corrected chi connectivity index (χ1v) is 17.8. The molecule has 0 spiro atoms. The molecule has 2 aliphatic rings. The molecule has 1 aromatic heterocycles. The largest absolute Gasteiger partial charge is 0.508 e. The fourth-order valence-corrected chi connectivity index (χ4v) is 6.82. The molecule has 1 saturated heterocycles. The lowest BCUT2D eigenvalue weighted by Gasteiger charge is -2.30. The highest BCUT2D eigenvalue weighted by Crippen LogP contribution is 2.42. The predicted molar refractivity (Wildman–Crippen MR) is 171 cm³/mol. The average molecular weight is 688 g/mol. The van der Waals surface area contributed by atoms with Crippen molar-refractivity contribution in [3.8, 4) is 0 Å². The van der Waals surface area contributed by atoms with E-state index >= 15 is 0 Å². The van der Waals surface area contributed by atoms with Crippen LogP contribution < -0.4 is 21.2 Å². The van der Waals surface area contributed by atoms with Crippen LogP contribution in [0.25, 0.3) is 0 Å². The Morgan fingerprint density at radius 2 is 1.60 bits per heavy atom. The Kier molecular flexibility index (Phi) is 14.6. The Labute approximate surface area is 275 Å². The van der Waals surface area contributed by atoms with Crippen LogP contribution in [0.1, 0.15) is 79.9 Å². The topological polar surface area (TPSA) is 195 Å². The van der Waals surface area contributed by atoms with Gasteiger partial charge in [0.2, 0.25) is 0 Å². The van der Waals surface area contributed by atoms with Crippen LogP contribution in [0.3, 0.4) is 0 Å². The van der Waals surface area contributed by atoms with Gasteiger partial charge >= 0.3 is 31.5 Å². The van der Waals surface area contributed by atoms with Gasteiger partial charge in [0.15, 0.2) is 0 Å². The zero-order chi connectivity index (χ0) is 34.7. The maximum Gasteiger partial charge on any atom is 0.508 e. The summed E-state index contributed by atoms with van der Waals surface area (Å²) in [5, 5.41) is 8.76. The number of hydrogen-bond donors (Lipinski definition) is 3. The number of hydrogen-bond acceptors (Lipinski definition) is 13. The van der Waals surface area contributed by atoms with Gasteiger partial charge in [-0.15, -0.1) is 0 Å². The van der Waals surface area contributed by atoms with Gasteiger partial charge in [-0.25, -0.2) is 19.8 Å². The van der Waals surface area contributed by atoms with E-state index in [0.717, 1.165) is 20.0 Å². The molecule has 5 atom stereocenters. The van der Waals surface area contributed by atoms with Crippen LogP contribution in [0.15, 0.2) is 17.1 Å². The molecular formula is C30H50N5O11P. The molecule has 16 nitrogen and oxygen atoms in total. The van der Waals surface area contributed by atoms with E-state index in [1.165, 1.54) is 10.8 Å². The Morgan fingerprint density at radius 3 is 2.06 bits per heavy atom. The zero-order valence-electron chi connectivity index (χ0n) is 28.3. The summed E-state index contributed by atoms with van der Waals surface area (Å²) in [6.07, 6.45) is 0.162. The van der Waals surface area contributed by atoms with Crippen LogP contribution in [-0.2, 0) is 42.4 Å². The second kappa shape index (κ2) is 17.9. The first kappa shape index (κ1) is 38.4. The standard InChI is InChI=1S/C30H50N5O11P/c1-8-42-27(36)21(14-18(3)4)33-47(40,34-22(15-19(5)6)28(37)43-9-2)44-17-24-23(46-30(39)41-7)16-26(45-24)35-13-12-25(32-29(35)38)31-20-10-11-20/h12-13,18-24,26H,8-11,14-17H2,1-7H3,(H,31,32,38)(H2,33,34,40)/t21?,22?,23-,24-,26-,47?/m1/s1. The lowest BCUT2D eigenvalue weighted by atomic mass is 10.1. The normalized spacial score (nSPS) is 21.9. The van der Waals surface area contributed by atoms with Gasteiger partial charge in [-0.05, 0) is 57.4 Å². The second-order valence-corrected chi connectivity index (χ2v) is 14.2. The van der Waals surface area contributed by atoms with Crippen molar-refractivity contribution < 1.29 is 47.2 Å². The van der Waals surface area contributed by atoms with E-state index < -0.39 is 68.6 Å². The quantitative estimate of drug-likeness (QED) is 0.109. The Balaban J connectivity index is 1.89. The van der Waals surface area contributed by atoms with Gasteiger partial charge < -0.3 is 33.5 Å². The number of nitrogens with zero attached hydrogens (tertiary/aromatic N) is 2. The molecule has 0 bridgehead atoms. The minimum Gasteiger partial charge on any atom is -0.465 e. The highest BCUT2D eigenvalue weighted by Gasteiger charge is 2.43. The SMILES string of the molecule is CCOC(=O)C(CC(C)C)NP(=O)(NC(CC(C)C)C(=O)OCC)OC[C@H]1O[C@@H](n2ccc(NC3CC3)nc2=O)C[C@H]1OC(=O)OC. The Bertz CT molecular complexity index is 1270. The summed E-state index contributed by atoms with van der Waals surface area (Å²) in [5.41, 5.74) is -0.579. The van der Waals surface area contributed by atoms with Gasteiger partial charge in [0.05, 0.1) is 26.9 Å². The van der Waals surface area contributed by atoms with Crippen LogP contribution in [0, 0.1) is 11.8 Å². The summed E-state index contributed by atoms with van der Waals surface area (Å²) in [4.78, 5) is 55.0. The van der Waals surface area contributed by atoms with Crippen molar-refractivity contribution in [2.45, 2.75) is 110 Å². The molecule has 1 saturated carbocycles. The summed E-state index contributed by atoms with van der Waals surface area (Å²) in [6.45, 7) is 10.6.